The van der Waals surface area contributed by atoms with E-state index in [1.165, 1.54) is 32.1 Å². The highest BCUT2D eigenvalue weighted by molar-refractivity contribution is 5.75. The van der Waals surface area contributed by atoms with Crippen LogP contribution in [0.2, 0.25) is 0 Å². The summed E-state index contributed by atoms with van der Waals surface area (Å²) in [6.45, 7) is 5.14. The molecule has 0 spiro atoms. The molecular weight excluding hydrogens is 280 g/mol. The van der Waals surface area contributed by atoms with Crippen LogP contribution < -0.4 is 5.32 Å². The third-order valence-corrected chi connectivity index (χ3v) is 5.42. The zero-order valence-corrected chi connectivity index (χ0v) is 13.8. The highest BCUT2D eigenvalue weighted by atomic mass is 16.5. The van der Waals surface area contributed by atoms with Gasteiger partial charge in [-0.05, 0) is 44.9 Å². The Labute approximate surface area is 133 Å². The molecule has 2 saturated heterocycles. The molecule has 1 aliphatic carbocycles. The van der Waals surface area contributed by atoms with E-state index in [1.54, 1.807) is 0 Å². The fraction of sp³-hybridized carbons (Fsp3) is 0.941. The number of fused-ring (bicyclic) bond motifs is 1. The fourth-order valence-electron chi connectivity index (χ4n) is 4.31. The molecule has 0 radical (unpaired) electrons. The predicted molar refractivity (Wildman–Crippen MR) is 84.9 cm³/mol. The molecule has 0 aromatic carbocycles. The molecule has 1 N–H and O–H groups in total. The number of hydrogen-bond donors (Lipinski definition) is 1. The average molecular weight is 310 g/mol. The molecule has 4 atom stereocenters. The van der Waals surface area contributed by atoms with Gasteiger partial charge in [-0.1, -0.05) is 12.8 Å². The molecule has 1 saturated carbocycles. The van der Waals surface area contributed by atoms with E-state index in [4.69, 9.17) is 9.47 Å². The first kappa shape index (κ1) is 16.1. The normalized spacial score (nSPS) is 34.7. The van der Waals surface area contributed by atoms with Gasteiger partial charge in [0, 0.05) is 31.8 Å². The van der Waals surface area contributed by atoms with Crippen molar-refractivity contribution in [1.29, 1.82) is 0 Å². The molecule has 3 fully saturated rings. The lowest BCUT2D eigenvalue weighted by atomic mass is 9.85. The predicted octanol–water partition coefficient (Wildman–Crippen LogP) is 2.54. The zero-order valence-electron chi connectivity index (χ0n) is 13.8. The maximum atomic E-state index is 12.5. The Morgan fingerprint density at radius 1 is 1.32 bits per heavy atom. The van der Waals surface area contributed by atoms with Crippen LogP contribution in [0.25, 0.3) is 0 Å². The van der Waals surface area contributed by atoms with E-state index in [1.807, 2.05) is 0 Å². The average Bonchev–Trinajstić information content (AvgIpc) is 3.13. The van der Waals surface area contributed by atoms with Gasteiger partial charge in [0.05, 0.1) is 12.7 Å². The SMILES string of the molecule is C[C@@H]1C[C@@H]2CCCC[C@@H]2N1C(=O)NCCCO[C@@H]1CCOC1. The van der Waals surface area contributed by atoms with Crippen molar-refractivity contribution < 1.29 is 14.3 Å². The van der Waals surface area contributed by atoms with Crippen LogP contribution in [0.5, 0.6) is 0 Å². The van der Waals surface area contributed by atoms with Crippen molar-refractivity contribution in [1.82, 2.24) is 10.2 Å². The van der Waals surface area contributed by atoms with Gasteiger partial charge in [-0.25, -0.2) is 4.79 Å². The number of ether oxygens (including phenoxy) is 2. The Balaban J connectivity index is 1.36. The van der Waals surface area contributed by atoms with Crippen LogP contribution in [0.15, 0.2) is 0 Å². The monoisotopic (exact) mass is 310 g/mol. The highest BCUT2D eigenvalue weighted by Crippen LogP contribution is 2.39. The van der Waals surface area contributed by atoms with Gasteiger partial charge in [0.1, 0.15) is 0 Å². The molecule has 2 aliphatic heterocycles. The van der Waals surface area contributed by atoms with E-state index >= 15 is 0 Å². The Morgan fingerprint density at radius 2 is 2.18 bits per heavy atom. The van der Waals surface area contributed by atoms with Crippen LogP contribution in [0.1, 0.15) is 51.9 Å². The van der Waals surface area contributed by atoms with Crippen molar-refractivity contribution in [3.8, 4) is 0 Å². The molecule has 5 heteroatoms. The molecule has 3 aliphatic rings. The number of hydrogen-bond acceptors (Lipinski definition) is 3. The van der Waals surface area contributed by atoms with E-state index in [2.05, 4.69) is 17.1 Å². The van der Waals surface area contributed by atoms with Crippen molar-refractivity contribution in [3.05, 3.63) is 0 Å². The molecule has 22 heavy (non-hydrogen) atoms. The van der Waals surface area contributed by atoms with E-state index in [9.17, 15) is 4.79 Å². The lowest BCUT2D eigenvalue weighted by Crippen LogP contribution is -2.48. The first-order valence-corrected chi connectivity index (χ1v) is 9.01. The summed E-state index contributed by atoms with van der Waals surface area (Å²) in [7, 11) is 0. The van der Waals surface area contributed by atoms with Gasteiger partial charge in [0.25, 0.3) is 0 Å². The molecule has 5 nitrogen and oxygen atoms in total. The number of carbonyl (C=O) groups excluding carboxylic acids is 1. The molecular formula is C17H30N2O3. The van der Waals surface area contributed by atoms with Crippen molar-refractivity contribution in [2.75, 3.05) is 26.4 Å². The van der Waals surface area contributed by atoms with E-state index < -0.39 is 0 Å². The molecule has 3 rings (SSSR count). The molecule has 0 bridgehead atoms. The standard InChI is InChI=1S/C17H30N2O3/c1-13-11-14-5-2-3-6-16(14)19(13)17(20)18-8-4-9-22-15-7-10-21-12-15/h13-16H,2-12H2,1H3,(H,18,20)/t13-,14+,15-,16+/m1/s1. The molecule has 126 valence electrons. The lowest BCUT2D eigenvalue weighted by Gasteiger charge is -2.33. The van der Waals surface area contributed by atoms with Crippen molar-refractivity contribution in [2.45, 2.75) is 70.1 Å². The van der Waals surface area contributed by atoms with Gasteiger partial charge in [-0.3, -0.25) is 0 Å². The van der Waals surface area contributed by atoms with Crippen LogP contribution >= 0.6 is 0 Å². The van der Waals surface area contributed by atoms with E-state index in [-0.39, 0.29) is 12.1 Å². The van der Waals surface area contributed by atoms with Gasteiger partial charge in [0.2, 0.25) is 0 Å². The Bertz CT molecular complexity index is 371. The van der Waals surface area contributed by atoms with Gasteiger partial charge in [-0.2, -0.15) is 0 Å². The minimum Gasteiger partial charge on any atom is -0.379 e. The van der Waals surface area contributed by atoms with Crippen LogP contribution in [0, 0.1) is 5.92 Å². The minimum atomic E-state index is 0.131. The number of carbonyl (C=O) groups is 1. The molecule has 0 aromatic rings. The third-order valence-electron chi connectivity index (χ3n) is 5.42. The summed E-state index contributed by atoms with van der Waals surface area (Å²) in [4.78, 5) is 14.6. The number of nitrogens with zero attached hydrogens (tertiary/aromatic N) is 1. The summed E-state index contributed by atoms with van der Waals surface area (Å²) in [6, 6.07) is 1.00. The van der Waals surface area contributed by atoms with Gasteiger partial charge >= 0.3 is 6.03 Å². The largest absolute Gasteiger partial charge is 0.379 e. The second-order valence-corrected chi connectivity index (χ2v) is 7.05. The maximum absolute atomic E-state index is 12.5. The Morgan fingerprint density at radius 3 is 3.00 bits per heavy atom. The van der Waals surface area contributed by atoms with Gasteiger partial charge in [-0.15, -0.1) is 0 Å². The lowest BCUT2D eigenvalue weighted by molar-refractivity contribution is 0.0416. The maximum Gasteiger partial charge on any atom is 0.317 e. The second kappa shape index (κ2) is 7.64. The van der Waals surface area contributed by atoms with Crippen molar-refractivity contribution in [3.63, 3.8) is 0 Å². The summed E-state index contributed by atoms with van der Waals surface area (Å²) in [5.74, 6) is 0.736. The summed E-state index contributed by atoms with van der Waals surface area (Å²) in [5.41, 5.74) is 0. The molecule has 0 aromatic heterocycles. The third kappa shape index (κ3) is 3.74. The smallest absolute Gasteiger partial charge is 0.317 e. The minimum absolute atomic E-state index is 0.131. The van der Waals surface area contributed by atoms with Crippen LogP contribution in [-0.4, -0.2) is 55.5 Å². The first-order valence-electron chi connectivity index (χ1n) is 9.01. The van der Waals surface area contributed by atoms with Gasteiger partial charge in [0.15, 0.2) is 0 Å². The molecule has 0 unspecified atom stereocenters. The highest BCUT2D eigenvalue weighted by Gasteiger charge is 2.42. The van der Waals surface area contributed by atoms with Crippen LogP contribution in [0.3, 0.4) is 0 Å². The topological polar surface area (TPSA) is 50.8 Å². The van der Waals surface area contributed by atoms with Crippen molar-refractivity contribution >= 4 is 6.03 Å². The quantitative estimate of drug-likeness (QED) is 0.794. The Kier molecular flexibility index (Phi) is 5.58. The first-order chi connectivity index (χ1) is 10.8. The number of likely N-dealkylation sites (tertiary alicyclic amines) is 1. The molecule has 2 amide bonds. The summed E-state index contributed by atoms with van der Waals surface area (Å²) in [6.07, 6.45) is 8.42. The number of rotatable bonds is 5. The van der Waals surface area contributed by atoms with Gasteiger partial charge < -0.3 is 19.7 Å². The molecule has 2 heterocycles. The number of urea groups is 1. The summed E-state index contributed by atoms with van der Waals surface area (Å²) < 4.78 is 11.0. The van der Waals surface area contributed by atoms with Crippen LogP contribution in [-0.2, 0) is 9.47 Å². The zero-order chi connectivity index (χ0) is 15.4. The van der Waals surface area contributed by atoms with Crippen molar-refractivity contribution in [2.24, 2.45) is 5.92 Å². The fourth-order valence-corrected chi connectivity index (χ4v) is 4.31. The summed E-state index contributed by atoms with van der Waals surface area (Å²) in [5, 5.41) is 3.09. The number of nitrogens with one attached hydrogen (secondary N) is 1. The van der Waals surface area contributed by atoms with E-state index in [0.29, 0.717) is 25.2 Å². The van der Waals surface area contributed by atoms with Crippen LogP contribution in [0.4, 0.5) is 4.79 Å². The second-order valence-electron chi connectivity index (χ2n) is 7.05. The summed E-state index contributed by atoms with van der Waals surface area (Å²) >= 11 is 0. The van der Waals surface area contributed by atoms with E-state index in [0.717, 1.165) is 32.0 Å². The number of amides is 2. The Hall–Kier alpha value is -0.810.